The van der Waals surface area contributed by atoms with Crippen LogP contribution in [0.5, 0.6) is 5.88 Å². The third kappa shape index (κ3) is 2.72. The average molecular weight is 302 g/mol. The predicted octanol–water partition coefficient (Wildman–Crippen LogP) is -0.0945. The van der Waals surface area contributed by atoms with Crippen molar-refractivity contribution in [2.24, 2.45) is 7.05 Å². The number of nitrogens with zero attached hydrogens (tertiary/aromatic N) is 6. The van der Waals surface area contributed by atoms with E-state index in [4.69, 9.17) is 4.74 Å². The van der Waals surface area contributed by atoms with Crippen LogP contribution in [0.2, 0.25) is 0 Å². The van der Waals surface area contributed by atoms with Crippen molar-refractivity contribution < 1.29 is 4.74 Å². The van der Waals surface area contributed by atoms with E-state index in [2.05, 4.69) is 19.9 Å². The zero-order valence-corrected chi connectivity index (χ0v) is 12.6. The SMILES string of the molecule is COc1ccnc(N2CCN(c3nccn(C)c3=O)CC2)n1. The van der Waals surface area contributed by atoms with Crippen LogP contribution in [0.4, 0.5) is 11.8 Å². The number of aryl methyl sites for hydroxylation is 1. The van der Waals surface area contributed by atoms with Gasteiger partial charge in [-0.1, -0.05) is 0 Å². The van der Waals surface area contributed by atoms with E-state index in [0.29, 0.717) is 30.7 Å². The van der Waals surface area contributed by atoms with Gasteiger partial charge in [-0.25, -0.2) is 9.97 Å². The molecular formula is C14H18N6O2. The smallest absolute Gasteiger partial charge is 0.293 e. The van der Waals surface area contributed by atoms with E-state index in [1.807, 2.05) is 4.90 Å². The van der Waals surface area contributed by atoms with Crippen LogP contribution in [0.25, 0.3) is 0 Å². The van der Waals surface area contributed by atoms with Gasteiger partial charge in [-0.15, -0.1) is 0 Å². The second kappa shape index (κ2) is 6.00. The number of hydrogen-bond acceptors (Lipinski definition) is 7. The largest absolute Gasteiger partial charge is 0.481 e. The molecule has 8 heteroatoms. The Labute approximate surface area is 128 Å². The van der Waals surface area contributed by atoms with Gasteiger partial charge in [0.05, 0.1) is 7.11 Å². The van der Waals surface area contributed by atoms with Crippen LogP contribution in [-0.4, -0.2) is 52.8 Å². The van der Waals surface area contributed by atoms with Crippen LogP contribution in [0, 0.1) is 0 Å². The fraction of sp³-hybridized carbons (Fsp3) is 0.429. The third-order valence-electron chi connectivity index (χ3n) is 3.69. The van der Waals surface area contributed by atoms with Crippen LogP contribution < -0.4 is 20.1 Å². The molecule has 3 heterocycles. The highest BCUT2D eigenvalue weighted by atomic mass is 16.5. The van der Waals surface area contributed by atoms with E-state index in [1.54, 1.807) is 43.4 Å². The number of anilines is 2. The zero-order chi connectivity index (χ0) is 15.5. The van der Waals surface area contributed by atoms with Crippen molar-refractivity contribution in [3.63, 3.8) is 0 Å². The summed E-state index contributed by atoms with van der Waals surface area (Å²) in [6, 6.07) is 1.72. The summed E-state index contributed by atoms with van der Waals surface area (Å²) in [7, 11) is 3.31. The Morgan fingerprint density at radius 2 is 1.82 bits per heavy atom. The molecule has 116 valence electrons. The Morgan fingerprint density at radius 1 is 1.09 bits per heavy atom. The minimum absolute atomic E-state index is 0.0754. The maximum Gasteiger partial charge on any atom is 0.293 e. The lowest BCUT2D eigenvalue weighted by Gasteiger charge is -2.34. The van der Waals surface area contributed by atoms with Gasteiger partial charge in [-0.05, 0) is 0 Å². The Bertz CT molecular complexity index is 708. The van der Waals surface area contributed by atoms with Crippen LogP contribution in [0.3, 0.4) is 0 Å². The molecule has 0 atom stereocenters. The first kappa shape index (κ1) is 14.3. The molecule has 0 N–H and O–H groups in total. The highest BCUT2D eigenvalue weighted by molar-refractivity contribution is 5.41. The highest BCUT2D eigenvalue weighted by Gasteiger charge is 2.22. The maximum absolute atomic E-state index is 12.1. The second-order valence-corrected chi connectivity index (χ2v) is 5.04. The molecule has 0 amide bonds. The van der Waals surface area contributed by atoms with Crippen LogP contribution >= 0.6 is 0 Å². The molecule has 22 heavy (non-hydrogen) atoms. The molecule has 1 saturated heterocycles. The Kier molecular flexibility index (Phi) is 3.90. The van der Waals surface area contributed by atoms with Crippen molar-refractivity contribution in [2.75, 3.05) is 43.1 Å². The number of ether oxygens (including phenoxy) is 1. The van der Waals surface area contributed by atoms with Gasteiger partial charge in [0.2, 0.25) is 11.8 Å². The summed E-state index contributed by atoms with van der Waals surface area (Å²) in [4.78, 5) is 29.0. The number of rotatable bonds is 3. The number of aromatic nitrogens is 4. The maximum atomic E-state index is 12.1. The van der Waals surface area contributed by atoms with Crippen LogP contribution in [0.15, 0.2) is 29.5 Å². The number of piperazine rings is 1. The molecular weight excluding hydrogens is 284 g/mol. The molecule has 3 rings (SSSR count). The van der Waals surface area contributed by atoms with Crippen molar-refractivity contribution in [1.82, 2.24) is 19.5 Å². The first-order valence-electron chi connectivity index (χ1n) is 7.07. The predicted molar refractivity (Wildman–Crippen MR) is 82.5 cm³/mol. The normalized spacial score (nSPS) is 15.0. The lowest BCUT2D eigenvalue weighted by Crippen LogP contribution is -2.49. The first-order valence-corrected chi connectivity index (χ1v) is 7.07. The van der Waals surface area contributed by atoms with E-state index in [0.717, 1.165) is 13.1 Å². The standard InChI is InChI=1S/C14H18N6O2/c1-18-6-5-15-12(13(18)21)19-7-9-20(10-8-19)14-16-4-3-11(17-14)22-2/h3-6H,7-10H2,1-2H3. The highest BCUT2D eigenvalue weighted by Crippen LogP contribution is 2.15. The fourth-order valence-corrected chi connectivity index (χ4v) is 2.42. The minimum Gasteiger partial charge on any atom is -0.481 e. The van der Waals surface area contributed by atoms with Crippen molar-refractivity contribution >= 4 is 11.8 Å². The van der Waals surface area contributed by atoms with E-state index in [-0.39, 0.29) is 5.56 Å². The second-order valence-electron chi connectivity index (χ2n) is 5.04. The third-order valence-corrected chi connectivity index (χ3v) is 3.69. The minimum atomic E-state index is -0.0754. The molecule has 8 nitrogen and oxygen atoms in total. The first-order chi connectivity index (χ1) is 10.7. The van der Waals surface area contributed by atoms with Crippen molar-refractivity contribution in [3.05, 3.63) is 35.0 Å². The van der Waals surface area contributed by atoms with Crippen molar-refractivity contribution in [2.45, 2.75) is 0 Å². The summed E-state index contributed by atoms with van der Waals surface area (Å²) in [5, 5.41) is 0. The van der Waals surface area contributed by atoms with Gasteiger partial charge in [0.25, 0.3) is 5.56 Å². The molecule has 0 radical (unpaired) electrons. The molecule has 0 spiro atoms. The molecule has 2 aromatic rings. The summed E-state index contributed by atoms with van der Waals surface area (Å²) in [5.74, 6) is 1.69. The molecule has 0 saturated carbocycles. The lowest BCUT2D eigenvalue weighted by molar-refractivity contribution is 0.396. The molecule has 1 fully saturated rings. The van der Waals surface area contributed by atoms with E-state index in [9.17, 15) is 4.79 Å². The quantitative estimate of drug-likeness (QED) is 0.784. The molecule has 0 aliphatic carbocycles. The fourth-order valence-electron chi connectivity index (χ4n) is 2.42. The lowest BCUT2D eigenvalue weighted by atomic mass is 10.3. The Balaban J connectivity index is 1.72. The Hall–Kier alpha value is -2.64. The zero-order valence-electron chi connectivity index (χ0n) is 12.6. The number of hydrogen-bond donors (Lipinski definition) is 0. The summed E-state index contributed by atoms with van der Waals surface area (Å²) < 4.78 is 6.66. The van der Waals surface area contributed by atoms with Crippen molar-refractivity contribution in [1.29, 1.82) is 0 Å². The van der Waals surface area contributed by atoms with Crippen LogP contribution in [0.1, 0.15) is 0 Å². The van der Waals surface area contributed by atoms with E-state index < -0.39 is 0 Å². The van der Waals surface area contributed by atoms with Gasteiger partial charge in [0.1, 0.15) is 0 Å². The average Bonchev–Trinajstić information content (AvgIpc) is 2.58. The van der Waals surface area contributed by atoms with Gasteiger partial charge < -0.3 is 19.1 Å². The van der Waals surface area contributed by atoms with Gasteiger partial charge in [-0.3, -0.25) is 4.79 Å². The summed E-state index contributed by atoms with van der Waals surface area (Å²) in [5.41, 5.74) is -0.0754. The molecule has 1 aliphatic heterocycles. The number of methoxy groups -OCH3 is 1. The van der Waals surface area contributed by atoms with Gasteiger partial charge in [0, 0.05) is 57.9 Å². The summed E-state index contributed by atoms with van der Waals surface area (Å²) >= 11 is 0. The summed E-state index contributed by atoms with van der Waals surface area (Å²) in [6.45, 7) is 2.86. The van der Waals surface area contributed by atoms with Gasteiger partial charge >= 0.3 is 0 Å². The van der Waals surface area contributed by atoms with Crippen LogP contribution in [-0.2, 0) is 7.05 Å². The molecule has 2 aromatic heterocycles. The molecule has 1 aliphatic rings. The Morgan fingerprint density at radius 3 is 2.55 bits per heavy atom. The molecule has 0 unspecified atom stereocenters. The van der Waals surface area contributed by atoms with Gasteiger partial charge in [0.15, 0.2) is 5.82 Å². The van der Waals surface area contributed by atoms with E-state index in [1.165, 1.54) is 0 Å². The molecule has 0 aromatic carbocycles. The molecule has 0 bridgehead atoms. The van der Waals surface area contributed by atoms with Gasteiger partial charge in [-0.2, -0.15) is 4.98 Å². The monoisotopic (exact) mass is 302 g/mol. The van der Waals surface area contributed by atoms with E-state index >= 15 is 0 Å². The summed E-state index contributed by atoms with van der Waals surface area (Å²) in [6.07, 6.45) is 4.99. The topological polar surface area (TPSA) is 76.4 Å². The van der Waals surface area contributed by atoms with Crippen molar-refractivity contribution in [3.8, 4) is 5.88 Å².